The summed E-state index contributed by atoms with van der Waals surface area (Å²) in [5.41, 5.74) is 1.68. The average Bonchev–Trinajstić information content (AvgIpc) is 3.35. The minimum Gasteiger partial charge on any atom is -0.390 e. The van der Waals surface area contributed by atoms with Gasteiger partial charge in [-0.15, -0.1) is 0 Å². The van der Waals surface area contributed by atoms with Gasteiger partial charge < -0.3 is 14.9 Å². The van der Waals surface area contributed by atoms with Crippen LogP contribution < -0.4 is 5.01 Å². The molecule has 3 aliphatic rings. The number of hydrazone groups is 1. The van der Waals surface area contributed by atoms with Crippen LogP contribution in [0.1, 0.15) is 39.0 Å². The van der Waals surface area contributed by atoms with Gasteiger partial charge in [-0.2, -0.15) is 5.10 Å². The number of rotatable bonds is 6. The van der Waals surface area contributed by atoms with E-state index >= 15 is 0 Å². The zero-order valence-electron chi connectivity index (χ0n) is 20.8. The molecule has 2 aromatic rings. The van der Waals surface area contributed by atoms with Crippen molar-refractivity contribution >= 4 is 23.7 Å². The van der Waals surface area contributed by atoms with Crippen LogP contribution in [-0.4, -0.2) is 69.8 Å². The second-order valence-electron chi connectivity index (χ2n) is 10.4. The van der Waals surface area contributed by atoms with Crippen LogP contribution in [0, 0.1) is 0 Å². The van der Waals surface area contributed by atoms with Crippen molar-refractivity contribution in [1.29, 1.82) is 0 Å². The molecule has 2 atom stereocenters. The Morgan fingerprint density at radius 2 is 1.69 bits per heavy atom. The van der Waals surface area contributed by atoms with Gasteiger partial charge >= 0.3 is 0 Å². The predicted molar refractivity (Wildman–Crippen MR) is 142 cm³/mol. The summed E-state index contributed by atoms with van der Waals surface area (Å²) < 4.78 is 0. The fourth-order valence-electron chi connectivity index (χ4n) is 5.69. The lowest BCUT2D eigenvalue weighted by Gasteiger charge is -2.52. The molecule has 0 radical (unpaired) electrons. The molecular formula is C29H34N4O3. The zero-order valence-corrected chi connectivity index (χ0v) is 20.8. The van der Waals surface area contributed by atoms with Crippen molar-refractivity contribution in [3.05, 3.63) is 67.3 Å². The number of benzene rings is 2. The molecule has 7 heteroatoms. The summed E-state index contributed by atoms with van der Waals surface area (Å²) in [7, 11) is 0. The molecule has 1 N–H and O–H groups in total. The summed E-state index contributed by atoms with van der Waals surface area (Å²) in [4.78, 5) is 28.8. The van der Waals surface area contributed by atoms with Crippen molar-refractivity contribution in [1.82, 2.24) is 9.80 Å². The van der Waals surface area contributed by atoms with Crippen LogP contribution in [0.3, 0.4) is 0 Å². The highest BCUT2D eigenvalue weighted by molar-refractivity contribution is 5.96. The number of carbonyl (C=O) groups is 2. The Kier molecular flexibility index (Phi) is 6.43. The summed E-state index contributed by atoms with van der Waals surface area (Å²) in [6, 6.07) is 18.7. The van der Waals surface area contributed by atoms with Gasteiger partial charge in [-0.25, -0.2) is 0 Å². The number of anilines is 1. The summed E-state index contributed by atoms with van der Waals surface area (Å²) in [5.74, 6) is -0.237. The lowest BCUT2D eigenvalue weighted by Crippen LogP contribution is -2.68. The van der Waals surface area contributed by atoms with E-state index in [0.29, 0.717) is 45.3 Å². The first-order valence-corrected chi connectivity index (χ1v) is 12.8. The van der Waals surface area contributed by atoms with E-state index in [-0.39, 0.29) is 17.9 Å². The average molecular weight is 487 g/mol. The number of piperidine rings is 1. The van der Waals surface area contributed by atoms with E-state index in [4.69, 9.17) is 0 Å². The molecule has 3 aliphatic heterocycles. The van der Waals surface area contributed by atoms with Crippen LogP contribution in [-0.2, 0) is 9.59 Å². The van der Waals surface area contributed by atoms with Crippen LogP contribution in [0.2, 0.25) is 0 Å². The van der Waals surface area contributed by atoms with Gasteiger partial charge in [0.25, 0.3) is 0 Å². The summed E-state index contributed by atoms with van der Waals surface area (Å²) in [6.07, 6.45) is 6.24. The normalized spacial score (nSPS) is 24.9. The van der Waals surface area contributed by atoms with E-state index in [2.05, 4.69) is 48.1 Å². The topological polar surface area (TPSA) is 76.5 Å². The highest BCUT2D eigenvalue weighted by Crippen LogP contribution is 2.37. The Morgan fingerprint density at radius 3 is 2.31 bits per heavy atom. The molecule has 188 valence electrons. The van der Waals surface area contributed by atoms with Crippen molar-refractivity contribution in [2.24, 2.45) is 5.10 Å². The van der Waals surface area contributed by atoms with Crippen molar-refractivity contribution in [2.75, 3.05) is 24.6 Å². The number of amides is 2. The minimum atomic E-state index is -0.853. The Bertz CT molecular complexity index is 1150. The molecule has 7 nitrogen and oxygen atoms in total. The van der Waals surface area contributed by atoms with Crippen LogP contribution >= 0.6 is 0 Å². The standard InChI is InChI=1S/C29H34N4O3/c1-3-26(34)32-20-14-28(32,2)27(35)31-18-15-29(36,16-19-31)21-25-13-17-30-33(25)24-11-9-23(10-12-24)22-7-5-4-6-8-22/h3-12,17,25,36H,1,13-16,18-21H2,2H3/t25?,28-/m0/s1. The Labute approximate surface area is 212 Å². The van der Waals surface area contributed by atoms with Gasteiger partial charge in [0.1, 0.15) is 5.54 Å². The Balaban J connectivity index is 1.20. The van der Waals surface area contributed by atoms with Gasteiger partial charge in [-0.3, -0.25) is 14.6 Å². The maximum Gasteiger partial charge on any atom is 0.248 e. The van der Waals surface area contributed by atoms with E-state index in [0.717, 1.165) is 17.7 Å². The molecular weight excluding hydrogens is 452 g/mol. The molecule has 2 aromatic carbocycles. The summed E-state index contributed by atoms with van der Waals surface area (Å²) in [5, 5.41) is 18.1. The molecule has 0 bridgehead atoms. The number of likely N-dealkylation sites (tertiary alicyclic amines) is 2. The maximum absolute atomic E-state index is 13.2. The number of hydrogen-bond donors (Lipinski definition) is 1. The molecule has 0 spiro atoms. The summed E-state index contributed by atoms with van der Waals surface area (Å²) >= 11 is 0. The molecule has 0 saturated carbocycles. The van der Waals surface area contributed by atoms with Crippen LogP contribution in [0.25, 0.3) is 11.1 Å². The zero-order chi connectivity index (χ0) is 25.3. The predicted octanol–water partition coefficient (Wildman–Crippen LogP) is 3.84. The second kappa shape index (κ2) is 9.54. The van der Waals surface area contributed by atoms with E-state index in [1.54, 1.807) is 4.90 Å². The fourth-order valence-corrected chi connectivity index (χ4v) is 5.69. The largest absolute Gasteiger partial charge is 0.390 e. The quantitative estimate of drug-likeness (QED) is 0.630. The molecule has 36 heavy (non-hydrogen) atoms. The highest BCUT2D eigenvalue weighted by atomic mass is 16.3. The van der Waals surface area contributed by atoms with E-state index in [1.165, 1.54) is 11.6 Å². The van der Waals surface area contributed by atoms with E-state index in [9.17, 15) is 14.7 Å². The molecule has 2 saturated heterocycles. The molecule has 0 aliphatic carbocycles. The minimum absolute atomic E-state index is 0.0321. The number of hydrogen-bond acceptors (Lipinski definition) is 5. The molecule has 2 fully saturated rings. The number of carbonyl (C=O) groups excluding carboxylic acids is 2. The monoisotopic (exact) mass is 486 g/mol. The van der Waals surface area contributed by atoms with Crippen molar-refractivity contribution in [3.8, 4) is 11.1 Å². The van der Waals surface area contributed by atoms with Gasteiger partial charge in [0.05, 0.1) is 17.3 Å². The molecule has 0 aromatic heterocycles. The van der Waals surface area contributed by atoms with Crippen molar-refractivity contribution < 1.29 is 14.7 Å². The van der Waals surface area contributed by atoms with Gasteiger partial charge in [0.2, 0.25) is 11.8 Å². The first kappa shape index (κ1) is 24.3. The maximum atomic E-state index is 13.2. The summed E-state index contributed by atoms with van der Waals surface area (Å²) in [6.45, 7) is 6.93. The Hall–Kier alpha value is -3.45. The van der Waals surface area contributed by atoms with Gasteiger partial charge in [0, 0.05) is 32.3 Å². The highest BCUT2D eigenvalue weighted by Gasteiger charge is 2.51. The molecule has 1 unspecified atom stereocenters. The fraction of sp³-hybridized carbons (Fsp3) is 0.414. The second-order valence-corrected chi connectivity index (χ2v) is 10.4. The number of nitrogens with zero attached hydrogens (tertiary/aromatic N) is 4. The SMILES string of the molecule is C=CC(=O)N1CC[C@@]1(C)C(=O)N1CCC(O)(CC2CC=NN2c2ccc(-c3ccccc3)cc2)CC1. The molecule has 2 amide bonds. The van der Waals surface area contributed by atoms with Crippen LogP contribution in [0.5, 0.6) is 0 Å². The first-order valence-electron chi connectivity index (χ1n) is 12.8. The molecule has 5 rings (SSSR count). The smallest absolute Gasteiger partial charge is 0.248 e. The van der Waals surface area contributed by atoms with E-state index < -0.39 is 11.1 Å². The van der Waals surface area contributed by atoms with Crippen molar-refractivity contribution in [2.45, 2.75) is 56.2 Å². The third-order valence-electron chi connectivity index (χ3n) is 8.08. The van der Waals surface area contributed by atoms with Crippen LogP contribution in [0.4, 0.5) is 5.69 Å². The number of aliphatic hydroxyl groups is 1. The van der Waals surface area contributed by atoms with Crippen molar-refractivity contribution in [3.63, 3.8) is 0 Å². The first-order chi connectivity index (χ1) is 17.3. The van der Waals surface area contributed by atoms with Gasteiger partial charge in [0.15, 0.2) is 0 Å². The molecule has 3 heterocycles. The van der Waals surface area contributed by atoms with E-state index in [1.807, 2.05) is 41.2 Å². The van der Waals surface area contributed by atoms with Crippen LogP contribution in [0.15, 0.2) is 72.4 Å². The third kappa shape index (κ3) is 4.44. The van der Waals surface area contributed by atoms with Gasteiger partial charge in [-0.1, -0.05) is 49.0 Å². The van der Waals surface area contributed by atoms with Gasteiger partial charge in [-0.05, 0) is 61.9 Å². The Morgan fingerprint density at radius 1 is 1.03 bits per heavy atom. The third-order valence-corrected chi connectivity index (χ3v) is 8.08. The lowest BCUT2D eigenvalue weighted by atomic mass is 9.81. The lowest BCUT2D eigenvalue weighted by molar-refractivity contribution is -0.164.